The van der Waals surface area contributed by atoms with Gasteiger partial charge in [0.05, 0.1) is 25.3 Å². The number of fused-ring (bicyclic) bond motifs is 1. The second-order valence-corrected chi connectivity index (χ2v) is 9.60. The Morgan fingerprint density at radius 2 is 1.79 bits per heavy atom. The number of aliphatic imine (C=N–C) groups is 1. The van der Waals surface area contributed by atoms with Crippen molar-refractivity contribution in [3.05, 3.63) is 10.7 Å². The number of halogens is 1. The molecule has 1 atom stereocenters. The number of nitrogens with zero attached hydrogens (tertiary/aromatic N) is 6. The van der Waals surface area contributed by atoms with Gasteiger partial charge in [-0.1, -0.05) is 11.6 Å². The van der Waals surface area contributed by atoms with E-state index in [9.17, 15) is 0 Å². The third-order valence-electron chi connectivity index (χ3n) is 6.39. The molecule has 0 unspecified atom stereocenters. The normalized spacial score (nSPS) is 28.6. The number of aromatic nitrogens is 2. The van der Waals surface area contributed by atoms with Crippen molar-refractivity contribution in [2.45, 2.75) is 44.8 Å². The number of amidine groups is 1. The van der Waals surface area contributed by atoms with E-state index in [0.717, 1.165) is 63.0 Å². The van der Waals surface area contributed by atoms with E-state index in [4.69, 9.17) is 26.1 Å². The topological polar surface area (TPSA) is 66.3 Å². The van der Waals surface area contributed by atoms with Crippen LogP contribution in [-0.2, 0) is 15.9 Å². The third-order valence-corrected chi connectivity index (χ3v) is 6.71. The third kappa shape index (κ3) is 3.40. The molecular formula is C20H29ClN6O2. The SMILES string of the molecule is CC1(C)CN=C(N2CC[C@](C)(N3CCc4c(Cl)nc(N5CCOCC5)nc43)C2)O1. The highest BCUT2D eigenvalue weighted by Crippen LogP contribution is 2.40. The number of hydrogen-bond acceptors (Lipinski definition) is 8. The zero-order valence-corrected chi connectivity index (χ0v) is 18.2. The van der Waals surface area contributed by atoms with Crippen LogP contribution in [0, 0.1) is 0 Å². The van der Waals surface area contributed by atoms with Crippen LogP contribution in [0.2, 0.25) is 5.15 Å². The van der Waals surface area contributed by atoms with E-state index in [-0.39, 0.29) is 11.1 Å². The van der Waals surface area contributed by atoms with Gasteiger partial charge in [0.15, 0.2) is 0 Å². The molecule has 4 aliphatic heterocycles. The second kappa shape index (κ2) is 6.87. The molecule has 9 heteroatoms. The van der Waals surface area contributed by atoms with Gasteiger partial charge in [0.1, 0.15) is 16.6 Å². The molecule has 1 aromatic heterocycles. The number of hydrogen-bond donors (Lipinski definition) is 0. The minimum atomic E-state index is -0.206. The van der Waals surface area contributed by atoms with Crippen LogP contribution in [0.15, 0.2) is 4.99 Å². The van der Waals surface area contributed by atoms with Gasteiger partial charge in [-0.05, 0) is 33.6 Å². The number of rotatable bonds is 2. The Hall–Kier alpha value is -1.80. The Morgan fingerprint density at radius 1 is 1.00 bits per heavy atom. The van der Waals surface area contributed by atoms with Gasteiger partial charge >= 0.3 is 0 Å². The number of anilines is 2. The Bertz CT molecular complexity index is 841. The summed E-state index contributed by atoms with van der Waals surface area (Å²) in [5.74, 6) is 1.71. The summed E-state index contributed by atoms with van der Waals surface area (Å²) in [6.45, 7) is 12.9. The molecule has 0 aliphatic carbocycles. The summed E-state index contributed by atoms with van der Waals surface area (Å²) in [5, 5.41) is 0.586. The summed E-state index contributed by atoms with van der Waals surface area (Å²) >= 11 is 6.59. The smallest absolute Gasteiger partial charge is 0.288 e. The minimum Gasteiger partial charge on any atom is -0.457 e. The van der Waals surface area contributed by atoms with Crippen LogP contribution in [0.1, 0.15) is 32.8 Å². The fourth-order valence-electron chi connectivity index (χ4n) is 4.70. The van der Waals surface area contributed by atoms with Crippen molar-refractivity contribution in [3.8, 4) is 0 Å². The number of morpholine rings is 1. The fourth-order valence-corrected chi connectivity index (χ4v) is 4.95. The summed E-state index contributed by atoms with van der Waals surface area (Å²) in [5.41, 5.74) is 0.825. The molecule has 0 aromatic carbocycles. The summed E-state index contributed by atoms with van der Waals surface area (Å²) in [6, 6.07) is 0.785. The number of ether oxygens (including phenoxy) is 2. The molecule has 5 rings (SSSR count). The first-order valence-electron chi connectivity index (χ1n) is 10.5. The van der Waals surface area contributed by atoms with E-state index < -0.39 is 0 Å². The van der Waals surface area contributed by atoms with Gasteiger partial charge in [0, 0.05) is 38.3 Å². The van der Waals surface area contributed by atoms with Crippen molar-refractivity contribution in [1.29, 1.82) is 0 Å². The van der Waals surface area contributed by atoms with Crippen LogP contribution >= 0.6 is 11.6 Å². The molecular weight excluding hydrogens is 392 g/mol. The zero-order chi connectivity index (χ0) is 20.2. The highest BCUT2D eigenvalue weighted by molar-refractivity contribution is 6.30. The van der Waals surface area contributed by atoms with Gasteiger partial charge in [0.2, 0.25) is 5.95 Å². The van der Waals surface area contributed by atoms with E-state index in [1.807, 2.05) is 0 Å². The van der Waals surface area contributed by atoms with E-state index in [1.54, 1.807) is 0 Å². The maximum absolute atomic E-state index is 6.59. The molecule has 0 N–H and O–H groups in total. The molecule has 8 nitrogen and oxygen atoms in total. The lowest BCUT2D eigenvalue weighted by Crippen LogP contribution is -2.49. The van der Waals surface area contributed by atoms with Crippen molar-refractivity contribution in [1.82, 2.24) is 14.9 Å². The van der Waals surface area contributed by atoms with Gasteiger partial charge in [0.25, 0.3) is 6.02 Å². The maximum atomic E-state index is 6.59. The summed E-state index contributed by atoms with van der Waals surface area (Å²) in [4.78, 5) is 21.1. The lowest BCUT2D eigenvalue weighted by Gasteiger charge is -2.37. The van der Waals surface area contributed by atoms with Crippen molar-refractivity contribution >= 4 is 29.4 Å². The first-order valence-corrected chi connectivity index (χ1v) is 10.9. The molecule has 4 aliphatic rings. The summed E-state index contributed by atoms with van der Waals surface area (Å²) in [6.07, 6.45) is 1.92. The molecule has 1 aromatic rings. The van der Waals surface area contributed by atoms with Crippen molar-refractivity contribution in [3.63, 3.8) is 0 Å². The molecule has 0 spiro atoms. The van der Waals surface area contributed by atoms with Crippen LogP contribution in [0.4, 0.5) is 11.8 Å². The lowest BCUT2D eigenvalue weighted by atomic mass is 9.99. The Kier molecular flexibility index (Phi) is 4.55. The predicted molar refractivity (Wildman–Crippen MR) is 113 cm³/mol. The van der Waals surface area contributed by atoms with Crippen LogP contribution in [0.3, 0.4) is 0 Å². The monoisotopic (exact) mass is 420 g/mol. The molecule has 2 fully saturated rings. The van der Waals surface area contributed by atoms with Gasteiger partial charge in [-0.3, -0.25) is 0 Å². The standard InChI is InChI=1S/C20H29ClN6O2/c1-19(2)12-22-18(29-19)26-7-5-20(3,13-26)27-6-4-14-15(21)23-17(24-16(14)27)25-8-10-28-11-9-25/h4-13H2,1-3H3/t20-/m0/s1. The van der Waals surface area contributed by atoms with Crippen LogP contribution in [0.25, 0.3) is 0 Å². The van der Waals surface area contributed by atoms with Gasteiger partial charge in [-0.2, -0.15) is 4.98 Å². The Balaban J connectivity index is 1.39. The predicted octanol–water partition coefficient (Wildman–Crippen LogP) is 1.96. The van der Waals surface area contributed by atoms with Crippen LogP contribution in [-0.4, -0.2) is 84.5 Å². The number of likely N-dealkylation sites (tertiary alicyclic amines) is 1. The van der Waals surface area contributed by atoms with Crippen molar-refractivity contribution < 1.29 is 9.47 Å². The van der Waals surface area contributed by atoms with E-state index in [0.29, 0.717) is 30.9 Å². The van der Waals surface area contributed by atoms with E-state index >= 15 is 0 Å². The zero-order valence-electron chi connectivity index (χ0n) is 17.4. The molecule has 158 valence electrons. The van der Waals surface area contributed by atoms with Gasteiger partial charge < -0.3 is 24.2 Å². The van der Waals surface area contributed by atoms with Crippen LogP contribution in [0.5, 0.6) is 0 Å². The quantitative estimate of drug-likeness (QED) is 0.677. The van der Waals surface area contributed by atoms with E-state index in [2.05, 4.69) is 45.4 Å². The van der Waals surface area contributed by atoms with Gasteiger partial charge in [-0.15, -0.1) is 0 Å². The van der Waals surface area contributed by atoms with E-state index in [1.165, 1.54) is 0 Å². The highest BCUT2D eigenvalue weighted by atomic mass is 35.5. The fraction of sp³-hybridized carbons (Fsp3) is 0.750. The summed E-state index contributed by atoms with van der Waals surface area (Å²) in [7, 11) is 0. The molecule has 0 saturated carbocycles. The molecule has 2 saturated heterocycles. The first-order chi connectivity index (χ1) is 13.8. The maximum Gasteiger partial charge on any atom is 0.288 e. The average molecular weight is 421 g/mol. The van der Waals surface area contributed by atoms with Crippen molar-refractivity contribution in [2.24, 2.45) is 4.99 Å². The largest absolute Gasteiger partial charge is 0.457 e. The Labute approximate surface area is 176 Å². The van der Waals surface area contributed by atoms with Crippen LogP contribution < -0.4 is 9.80 Å². The molecule has 0 bridgehead atoms. The summed E-state index contributed by atoms with van der Waals surface area (Å²) < 4.78 is 11.5. The molecule has 5 heterocycles. The van der Waals surface area contributed by atoms with Crippen molar-refractivity contribution in [2.75, 3.05) is 62.3 Å². The lowest BCUT2D eigenvalue weighted by molar-refractivity contribution is 0.107. The van der Waals surface area contributed by atoms with Gasteiger partial charge in [-0.25, -0.2) is 9.98 Å². The first kappa shape index (κ1) is 19.2. The Morgan fingerprint density at radius 3 is 2.52 bits per heavy atom. The second-order valence-electron chi connectivity index (χ2n) is 9.25. The average Bonchev–Trinajstić information content (AvgIpc) is 3.39. The molecule has 0 radical (unpaired) electrons. The molecule has 0 amide bonds. The molecule has 29 heavy (non-hydrogen) atoms. The highest BCUT2D eigenvalue weighted by Gasteiger charge is 2.45. The minimum absolute atomic E-state index is 0.0379.